The Hall–Kier alpha value is -0.610. The van der Waals surface area contributed by atoms with Gasteiger partial charge < -0.3 is 20.7 Å². The van der Waals surface area contributed by atoms with Gasteiger partial charge in [-0.05, 0) is 25.7 Å². The minimum absolute atomic E-state index is 0. The molecule has 3 N–H and O–H groups in total. The lowest BCUT2D eigenvalue weighted by atomic mass is 10.0. The number of guanidine groups is 1. The molecular weight excluding hydrogens is 445 g/mol. The van der Waals surface area contributed by atoms with Gasteiger partial charge in [0.15, 0.2) is 5.96 Å². The zero-order chi connectivity index (χ0) is 18.1. The molecule has 1 aliphatic carbocycles. The summed E-state index contributed by atoms with van der Waals surface area (Å²) in [6.07, 6.45) is 2.09. The largest absolute Gasteiger partial charge is 0.379 e. The minimum atomic E-state index is 0. The van der Waals surface area contributed by atoms with Crippen LogP contribution in [0.15, 0.2) is 4.99 Å². The van der Waals surface area contributed by atoms with Gasteiger partial charge >= 0.3 is 0 Å². The number of carbonyl (C=O) groups excluding carboxylic acids is 1. The van der Waals surface area contributed by atoms with Gasteiger partial charge in [0.05, 0.1) is 19.8 Å². The monoisotopic (exact) mass is 481 g/mol. The first kappa shape index (κ1) is 23.4. The molecule has 1 saturated heterocycles. The Labute approximate surface area is 175 Å². The Morgan fingerprint density at radius 3 is 2.38 bits per heavy atom. The van der Waals surface area contributed by atoms with Gasteiger partial charge in [-0.15, -0.1) is 24.0 Å². The molecule has 0 radical (unpaired) electrons. The molecule has 0 aromatic heterocycles. The second kappa shape index (κ2) is 12.7. The first-order chi connectivity index (χ1) is 12.1. The van der Waals surface area contributed by atoms with Crippen LogP contribution in [0.1, 0.15) is 33.6 Å². The van der Waals surface area contributed by atoms with Crippen LogP contribution < -0.4 is 16.0 Å². The Morgan fingerprint density at radius 2 is 1.81 bits per heavy atom. The molecule has 8 heteroatoms. The highest BCUT2D eigenvalue weighted by atomic mass is 127. The summed E-state index contributed by atoms with van der Waals surface area (Å²) in [6, 6.07) is 0.425. The van der Waals surface area contributed by atoms with Crippen LogP contribution in [0, 0.1) is 11.8 Å². The maximum absolute atomic E-state index is 11.6. The zero-order valence-corrected chi connectivity index (χ0v) is 18.8. The van der Waals surface area contributed by atoms with Crippen molar-refractivity contribution in [3.05, 3.63) is 0 Å². The molecule has 1 unspecified atom stereocenters. The molecule has 2 aliphatic rings. The summed E-state index contributed by atoms with van der Waals surface area (Å²) < 4.78 is 5.46. The fourth-order valence-electron chi connectivity index (χ4n) is 3.04. The number of hydrogen-bond donors (Lipinski definition) is 3. The lowest BCUT2D eigenvalue weighted by Gasteiger charge is -2.36. The van der Waals surface area contributed by atoms with E-state index >= 15 is 0 Å². The maximum atomic E-state index is 11.6. The summed E-state index contributed by atoms with van der Waals surface area (Å²) >= 11 is 0. The number of ether oxygens (including phenoxy) is 1. The molecule has 152 valence electrons. The van der Waals surface area contributed by atoms with Gasteiger partial charge in [0.1, 0.15) is 0 Å². The van der Waals surface area contributed by atoms with Gasteiger partial charge in [-0.2, -0.15) is 0 Å². The molecule has 1 aliphatic heterocycles. The quantitative estimate of drug-likeness (QED) is 0.199. The van der Waals surface area contributed by atoms with Gasteiger partial charge in [0, 0.05) is 44.7 Å². The van der Waals surface area contributed by atoms with E-state index in [1.807, 2.05) is 0 Å². The first-order valence-corrected chi connectivity index (χ1v) is 9.73. The summed E-state index contributed by atoms with van der Waals surface area (Å²) in [6.45, 7) is 13.1. The number of rotatable bonds is 9. The topological polar surface area (TPSA) is 78.0 Å². The minimum Gasteiger partial charge on any atom is -0.379 e. The van der Waals surface area contributed by atoms with E-state index in [0.717, 1.165) is 58.2 Å². The van der Waals surface area contributed by atoms with Crippen LogP contribution >= 0.6 is 24.0 Å². The first-order valence-electron chi connectivity index (χ1n) is 9.73. The van der Waals surface area contributed by atoms with Crippen molar-refractivity contribution >= 4 is 35.8 Å². The Bertz CT molecular complexity index is 437. The van der Waals surface area contributed by atoms with Crippen molar-refractivity contribution in [2.24, 2.45) is 16.8 Å². The Balaban J connectivity index is 0.00000338. The van der Waals surface area contributed by atoms with Crippen LogP contribution in [0.5, 0.6) is 0 Å². The Kier molecular flexibility index (Phi) is 11.5. The van der Waals surface area contributed by atoms with Crippen molar-refractivity contribution in [3.63, 3.8) is 0 Å². The third-order valence-electron chi connectivity index (χ3n) is 4.73. The normalized spacial score (nSPS) is 19.6. The van der Waals surface area contributed by atoms with E-state index in [4.69, 9.17) is 9.73 Å². The van der Waals surface area contributed by atoms with Crippen LogP contribution in [0.4, 0.5) is 0 Å². The second-order valence-electron chi connectivity index (χ2n) is 7.17. The van der Waals surface area contributed by atoms with Crippen molar-refractivity contribution in [2.75, 3.05) is 52.5 Å². The summed E-state index contributed by atoms with van der Waals surface area (Å²) in [5.41, 5.74) is 0. The lowest BCUT2D eigenvalue weighted by molar-refractivity contribution is -0.122. The Morgan fingerprint density at radius 1 is 1.15 bits per heavy atom. The van der Waals surface area contributed by atoms with E-state index in [-0.39, 0.29) is 35.8 Å². The molecule has 0 bridgehead atoms. The molecule has 1 saturated carbocycles. The molecule has 0 spiro atoms. The molecule has 0 aromatic rings. The zero-order valence-electron chi connectivity index (χ0n) is 16.4. The van der Waals surface area contributed by atoms with Gasteiger partial charge in [-0.3, -0.25) is 14.7 Å². The molecule has 1 atom stereocenters. The van der Waals surface area contributed by atoms with Gasteiger partial charge in [0.2, 0.25) is 5.91 Å². The molecule has 2 rings (SSSR count). The fraction of sp³-hybridized carbons (Fsp3) is 0.889. The molecule has 26 heavy (non-hydrogen) atoms. The lowest BCUT2D eigenvalue weighted by Crippen LogP contribution is -2.48. The van der Waals surface area contributed by atoms with E-state index in [0.29, 0.717) is 25.0 Å². The number of nitrogens with one attached hydrogen (secondary N) is 3. The van der Waals surface area contributed by atoms with E-state index in [1.165, 1.54) is 0 Å². The van der Waals surface area contributed by atoms with E-state index in [9.17, 15) is 4.79 Å². The average molecular weight is 481 g/mol. The van der Waals surface area contributed by atoms with Crippen molar-refractivity contribution < 1.29 is 9.53 Å². The van der Waals surface area contributed by atoms with Crippen molar-refractivity contribution in [1.82, 2.24) is 20.9 Å². The van der Waals surface area contributed by atoms with Gasteiger partial charge in [-0.25, -0.2) is 0 Å². The predicted molar refractivity (Wildman–Crippen MR) is 116 cm³/mol. The SMILES string of the molecule is CCNC(=NCC(C(C)C)N1CCOCC1)NCCNC(=O)C1CC1.I. The summed E-state index contributed by atoms with van der Waals surface area (Å²) in [5.74, 6) is 1.82. The number of nitrogens with zero attached hydrogens (tertiary/aromatic N) is 2. The number of aliphatic imine (C=N–C) groups is 1. The number of hydrogen-bond acceptors (Lipinski definition) is 4. The molecule has 1 amide bonds. The van der Waals surface area contributed by atoms with Crippen molar-refractivity contribution in [2.45, 2.75) is 39.7 Å². The standard InChI is InChI=1S/C18H35N5O2.HI/c1-4-19-18(21-8-7-20-17(24)15-5-6-15)22-13-16(14(2)3)23-9-11-25-12-10-23;/h14-16H,4-13H2,1-3H3,(H,20,24)(H2,19,21,22);1H. The summed E-state index contributed by atoms with van der Waals surface area (Å²) in [7, 11) is 0. The fourth-order valence-corrected chi connectivity index (χ4v) is 3.04. The summed E-state index contributed by atoms with van der Waals surface area (Å²) in [5, 5.41) is 9.57. The molecule has 2 fully saturated rings. The molecule has 0 aromatic carbocycles. The predicted octanol–water partition coefficient (Wildman–Crippen LogP) is 1.04. The smallest absolute Gasteiger partial charge is 0.223 e. The van der Waals surface area contributed by atoms with Crippen LogP contribution in [0.25, 0.3) is 0 Å². The van der Waals surface area contributed by atoms with Crippen molar-refractivity contribution in [1.29, 1.82) is 0 Å². The van der Waals surface area contributed by atoms with Crippen LogP contribution in [0.3, 0.4) is 0 Å². The van der Waals surface area contributed by atoms with E-state index in [1.54, 1.807) is 0 Å². The van der Waals surface area contributed by atoms with Crippen molar-refractivity contribution in [3.8, 4) is 0 Å². The van der Waals surface area contributed by atoms with Crippen LogP contribution in [0.2, 0.25) is 0 Å². The van der Waals surface area contributed by atoms with Crippen LogP contribution in [-0.4, -0.2) is 75.3 Å². The molecular formula is C18H36IN5O2. The number of carbonyl (C=O) groups is 1. The van der Waals surface area contributed by atoms with Gasteiger partial charge in [-0.1, -0.05) is 13.8 Å². The third-order valence-corrected chi connectivity index (χ3v) is 4.73. The number of amides is 1. The number of halogens is 1. The average Bonchev–Trinajstić information content (AvgIpc) is 3.44. The molecule has 1 heterocycles. The van der Waals surface area contributed by atoms with Crippen LogP contribution in [-0.2, 0) is 9.53 Å². The highest BCUT2D eigenvalue weighted by molar-refractivity contribution is 14.0. The van der Waals surface area contributed by atoms with E-state index in [2.05, 4.69) is 41.6 Å². The highest BCUT2D eigenvalue weighted by Crippen LogP contribution is 2.28. The maximum Gasteiger partial charge on any atom is 0.223 e. The highest BCUT2D eigenvalue weighted by Gasteiger charge is 2.29. The van der Waals surface area contributed by atoms with Gasteiger partial charge in [0.25, 0.3) is 0 Å². The molecule has 7 nitrogen and oxygen atoms in total. The third kappa shape index (κ3) is 8.39. The number of morpholine rings is 1. The van der Waals surface area contributed by atoms with E-state index < -0.39 is 0 Å². The second-order valence-corrected chi connectivity index (χ2v) is 7.17. The summed E-state index contributed by atoms with van der Waals surface area (Å²) in [4.78, 5) is 18.9.